The molecular formula is C24H25N3O4. The largest absolute Gasteiger partial charge is 0.494 e. The number of fused-ring (bicyclic) bond motifs is 1. The summed E-state index contributed by atoms with van der Waals surface area (Å²) in [6.45, 7) is 4.52. The predicted molar refractivity (Wildman–Crippen MR) is 117 cm³/mol. The van der Waals surface area contributed by atoms with E-state index in [0.717, 1.165) is 34.2 Å². The molecule has 7 nitrogen and oxygen atoms in total. The fourth-order valence-electron chi connectivity index (χ4n) is 3.61. The summed E-state index contributed by atoms with van der Waals surface area (Å²) in [7, 11) is 0. The van der Waals surface area contributed by atoms with Gasteiger partial charge in [0.2, 0.25) is 0 Å². The standard InChI is InChI=1S/C24H25N3O4/c1-3-12-30-19-7-5-17(6-8-19)22-21(15(2)26-24(29)27-22)23(28)31-14-16-4-9-20-18(13-16)10-11-25-20/h4-11,13,22,25H,3,12,14H2,1-2H3,(H2,26,27,29). The van der Waals surface area contributed by atoms with Gasteiger partial charge in [-0.25, -0.2) is 9.59 Å². The second kappa shape index (κ2) is 8.95. The number of H-pyrrole nitrogens is 1. The van der Waals surface area contributed by atoms with Crippen LogP contribution in [0.3, 0.4) is 0 Å². The van der Waals surface area contributed by atoms with Crippen molar-refractivity contribution in [2.24, 2.45) is 0 Å². The molecule has 2 aromatic carbocycles. The van der Waals surface area contributed by atoms with Gasteiger partial charge in [-0.15, -0.1) is 0 Å². The van der Waals surface area contributed by atoms with Crippen molar-refractivity contribution in [2.75, 3.05) is 6.61 Å². The fourth-order valence-corrected chi connectivity index (χ4v) is 3.61. The molecule has 1 aliphatic heterocycles. The van der Waals surface area contributed by atoms with E-state index in [9.17, 15) is 9.59 Å². The summed E-state index contributed by atoms with van der Waals surface area (Å²) in [5.74, 6) is 0.270. The average Bonchev–Trinajstić information content (AvgIpc) is 3.24. The van der Waals surface area contributed by atoms with Gasteiger partial charge in [0.1, 0.15) is 12.4 Å². The van der Waals surface area contributed by atoms with E-state index in [0.29, 0.717) is 17.9 Å². The van der Waals surface area contributed by atoms with Gasteiger partial charge in [-0.3, -0.25) is 0 Å². The zero-order chi connectivity index (χ0) is 21.8. The van der Waals surface area contributed by atoms with Gasteiger partial charge >= 0.3 is 12.0 Å². The van der Waals surface area contributed by atoms with Crippen molar-refractivity contribution >= 4 is 22.9 Å². The lowest BCUT2D eigenvalue weighted by Crippen LogP contribution is -2.45. The fraction of sp³-hybridized carbons (Fsp3) is 0.250. The summed E-state index contributed by atoms with van der Waals surface area (Å²) < 4.78 is 11.2. The number of nitrogens with one attached hydrogen (secondary N) is 3. The zero-order valence-electron chi connectivity index (χ0n) is 17.5. The highest BCUT2D eigenvalue weighted by Crippen LogP contribution is 2.29. The lowest BCUT2D eigenvalue weighted by Gasteiger charge is -2.28. The number of urea groups is 1. The van der Waals surface area contributed by atoms with Crippen molar-refractivity contribution < 1.29 is 19.1 Å². The molecule has 1 aliphatic rings. The Bertz CT molecular complexity index is 1130. The minimum Gasteiger partial charge on any atom is -0.494 e. The molecule has 0 spiro atoms. The molecule has 7 heteroatoms. The summed E-state index contributed by atoms with van der Waals surface area (Å²) in [5.41, 5.74) is 3.55. The molecule has 4 rings (SSSR count). The monoisotopic (exact) mass is 419 g/mol. The molecule has 0 aliphatic carbocycles. The number of ether oxygens (including phenoxy) is 2. The molecule has 31 heavy (non-hydrogen) atoms. The second-order valence-electron chi connectivity index (χ2n) is 7.46. The number of hydrogen-bond donors (Lipinski definition) is 3. The summed E-state index contributed by atoms with van der Waals surface area (Å²) in [5, 5.41) is 6.54. The number of hydrogen-bond acceptors (Lipinski definition) is 4. The van der Waals surface area contributed by atoms with Gasteiger partial charge in [0.15, 0.2) is 0 Å². The highest BCUT2D eigenvalue weighted by molar-refractivity contribution is 5.95. The van der Waals surface area contributed by atoms with Gasteiger partial charge in [-0.1, -0.05) is 25.1 Å². The first-order chi connectivity index (χ1) is 15.0. The number of amides is 2. The molecule has 0 saturated carbocycles. The molecular weight excluding hydrogens is 394 g/mol. The van der Waals surface area contributed by atoms with Crippen molar-refractivity contribution in [3.8, 4) is 5.75 Å². The number of aromatic amines is 1. The topological polar surface area (TPSA) is 92.5 Å². The smallest absolute Gasteiger partial charge is 0.338 e. The Labute approximate surface area is 180 Å². The van der Waals surface area contributed by atoms with Crippen LogP contribution in [0.25, 0.3) is 10.9 Å². The lowest BCUT2D eigenvalue weighted by molar-refractivity contribution is -0.140. The first-order valence-corrected chi connectivity index (χ1v) is 10.3. The molecule has 1 aromatic heterocycles. The van der Waals surface area contributed by atoms with Crippen molar-refractivity contribution in [1.82, 2.24) is 15.6 Å². The van der Waals surface area contributed by atoms with Gasteiger partial charge in [0.05, 0.1) is 18.2 Å². The molecule has 0 bridgehead atoms. The number of carbonyl (C=O) groups is 2. The van der Waals surface area contributed by atoms with Crippen LogP contribution >= 0.6 is 0 Å². The maximum absolute atomic E-state index is 13.0. The third-order valence-corrected chi connectivity index (χ3v) is 5.16. The summed E-state index contributed by atoms with van der Waals surface area (Å²) >= 11 is 0. The van der Waals surface area contributed by atoms with E-state index in [1.165, 1.54) is 0 Å². The van der Waals surface area contributed by atoms with Crippen molar-refractivity contribution in [3.05, 3.63) is 77.1 Å². The molecule has 2 amide bonds. The van der Waals surface area contributed by atoms with Crippen LogP contribution in [0.2, 0.25) is 0 Å². The minimum absolute atomic E-state index is 0.140. The molecule has 3 N–H and O–H groups in total. The number of aromatic nitrogens is 1. The lowest BCUT2D eigenvalue weighted by atomic mass is 9.95. The highest BCUT2D eigenvalue weighted by atomic mass is 16.5. The van der Waals surface area contributed by atoms with E-state index < -0.39 is 12.0 Å². The molecule has 0 radical (unpaired) electrons. The van der Waals surface area contributed by atoms with E-state index in [-0.39, 0.29) is 12.6 Å². The number of rotatable bonds is 7. The van der Waals surface area contributed by atoms with Crippen LogP contribution in [0.15, 0.2) is 66.0 Å². The van der Waals surface area contributed by atoms with Gasteiger partial charge < -0.3 is 25.1 Å². The Morgan fingerprint density at radius 3 is 2.68 bits per heavy atom. The Balaban J connectivity index is 1.52. The van der Waals surface area contributed by atoms with Crippen LogP contribution in [0.5, 0.6) is 5.75 Å². The average molecular weight is 419 g/mol. The van der Waals surface area contributed by atoms with E-state index in [2.05, 4.69) is 15.6 Å². The molecule has 0 fully saturated rings. The Kier molecular flexibility index (Phi) is 5.93. The zero-order valence-corrected chi connectivity index (χ0v) is 17.5. The Hall–Kier alpha value is -3.74. The van der Waals surface area contributed by atoms with E-state index in [4.69, 9.17) is 9.47 Å². The molecule has 1 unspecified atom stereocenters. The maximum atomic E-state index is 13.0. The normalized spacial score (nSPS) is 16.1. The van der Waals surface area contributed by atoms with Crippen molar-refractivity contribution in [2.45, 2.75) is 32.9 Å². The van der Waals surface area contributed by atoms with Gasteiger partial charge in [0, 0.05) is 17.4 Å². The number of carbonyl (C=O) groups excluding carboxylic acids is 2. The van der Waals surface area contributed by atoms with Gasteiger partial charge in [-0.2, -0.15) is 0 Å². The summed E-state index contributed by atoms with van der Waals surface area (Å²) in [6.07, 6.45) is 2.79. The number of benzene rings is 2. The minimum atomic E-state index is -0.603. The van der Waals surface area contributed by atoms with Gasteiger partial charge in [0.25, 0.3) is 0 Å². The van der Waals surface area contributed by atoms with Crippen molar-refractivity contribution in [3.63, 3.8) is 0 Å². The van der Waals surface area contributed by atoms with E-state index in [1.807, 2.05) is 61.7 Å². The van der Waals surface area contributed by atoms with E-state index >= 15 is 0 Å². The Morgan fingerprint density at radius 2 is 1.90 bits per heavy atom. The van der Waals surface area contributed by atoms with Gasteiger partial charge in [-0.05, 0) is 60.2 Å². The third kappa shape index (κ3) is 4.55. The van der Waals surface area contributed by atoms with Crippen LogP contribution in [0, 0.1) is 0 Å². The SMILES string of the molecule is CCCOc1ccc(C2NC(=O)NC(C)=C2C(=O)OCc2ccc3[nH]ccc3c2)cc1. The molecule has 2 heterocycles. The first-order valence-electron chi connectivity index (χ1n) is 10.3. The molecule has 160 valence electrons. The van der Waals surface area contributed by atoms with Crippen LogP contribution in [-0.2, 0) is 16.1 Å². The number of esters is 1. The predicted octanol–water partition coefficient (Wildman–Crippen LogP) is 4.33. The maximum Gasteiger partial charge on any atom is 0.338 e. The second-order valence-corrected chi connectivity index (χ2v) is 7.46. The van der Waals surface area contributed by atoms with Crippen molar-refractivity contribution in [1.29, 1.82) is 0 Å². The molecule has 3 aromatic rings. The molecule has 0 saturated heterocycles. The van der Waals surface area contributed by atoms with Crippen LogP contribution in [0.1, 0.15) is 37.4 Å². The van der Waals surface area contributed by atoms with E-state index in [1.54, 1.807) is 6.92 Å². The quantitative estimate of drug-likeness (QED) is 0.497. The third-order valence-electron chi connectivity index (χ3n) is 5.16. The summed E-state index contributed by atoms with van der Waals surface area (Å²) in [4.78, 5) is 28.2. The summed E-state index contributed by atoms with van der Waals surface area (Å²) in [6, 6.07) is 14.2. The molecule has 1 atom stereocenters. The first kappa shape index (κ1) is 20.5. The van der Waals surface area contributed by atoms with Crippen LogP contribution < -0.4 is 15.4 Å². The van der Waals surface area contributed by atoms with Crippen LogP contribution in [0.4, 0.5) is 4.79 Å². The number of allylic oxidation sites excluding steroid dienone is 1. The van der Waals surface area contributed by atoms with Crippen LogP contribution in [-0.4, -0.2) is 23.6 Å². The Morgan fingerprint density at radius 1 is 1.10 bits per heavy atom. The highest BCUT2D eigenvalue weighted by Gasteiger charge is 2.32.